The lowest BCUT2D eigenvalue weighted by Gasteiger charge is -2.06. The molecule has 2 nitrogen and oxygen atoms in total. The monoisotopic (exact) mass is 210 g/mol. The fourth-order valence-corrected chi connectivity index (χ4v) is 1.02. The van der Waals surface area contributed by atoms with Gasteiger partial charge in [0.05, 0.1) is 5.69 Å². The number of alkyl halides is 2. The van der Waals surface area contributed by atoms with Crippen molar-refractivity contribution in [2.45, 2.75) is 13.0 Å². The maximum absolute atomic E-state index is 12.7. The number of hydrogen-bond donors (Lipinski definition) is 1. The second-order valence-electron chi connectivity index (χ2n) is 2.30. The van der Waals surface area contributed by atoms with E-state index in [1.54, 1.807) is 0 Å². The molecule has 0 spiro atoms. The Morgan fingerprint density at radius 2 is 2.15 bits per heavy atom. The maximum atomic E-state index is 12.7. The lowest BCUT2D eigenvalue weighted by atomic mass is 10.2. The third kappa shape index (κ3) is 2.10. The Labute approximate surface area is 77.5 Å². The van der Waals surface area contributed by atoms with E-state index < -0.39 is 23.0 Å². The topological polar surface area (TPSA) is 38.9 Å². The van der Waals surface area contributed by atoms with Crippen LogP contribution in [0.2, 0.25) is 5.15 Å². The highest BCUT2D eigenvalue weighted by Gasteiger charge is 2.16. The average molecular weight is 211 g/mol. The number of nitrogens with two attached hydrogens (primary N) is 1. The standard InChI is InChI=1S/C7H6ClF3N2/c8-6-4(9)1-3(7(10)11)5(2-12)13-6/h1,7H,2,12H2. The van der Waals surface area contributed by atoms with Crippen LogP contribution < -0.4 is 5.73 Å². The van der Waals surface area contributed by atoms with E-state index >= 15 is 0 Å². The molecule has 1 heterocycles. The first-order valence-electron chi connectivity index (χ1n) is 3.39. The largest absolute Gasteiger partial charge is 0.325 e. The van der Waals surface area contributed by atoms with E-state index in [4.69, 9.17) is 17.3 Å². The van der Waals surface area contributed by atoms with Gasteiger partial charge in [0.15, 0.2) is 11.0 Å². The summed E-state index contributed by atoms with van der Waals surface area (Å²) in [4.78, 5) is 3.40. The Morgan fingerprint density at radius 1 is 1.54 bits per heavy atom. The van der Waals surface area contributed by atoms with E-state index in [0.717, 1.165) is 0 Å². The van der Waals surface area contributed by atoms with Crippen LogP contribution in [-0.4, -0.2) is 4.98 Å². The highest BCUT2D eigenvalue weighted by atomic mass is 35.5. The molecule has 13 heavy (non-hydrogen) atoms. The summed E-state index contributed by atoms with van der Waals surface area (Å²) in [5, 5.41) is -0.440. The van der Waals surface area contributed by atoms with Crippen LogP contribution in [0.3, 0.4) is 0 Å². The molecule has 1 aromatic rings. The highest BCUT2D eigenvalue weighted by molar-refractivity contribution is 6.29. The van der Waals surface area contributed by atoms with E-state index in [-0.39, 0.29) is 12.2 Å². The molecule has 0 atom stereocenters. The van der Waals surface area contributed by atoms with Gasteiger partial charge in [-0.25, -0.2) is 18.2 Å². The molecule has 0 saturated heterocycles. The van der Waals surface area contributed by atoms with Crippen LogP contribution in [0.25, 0.3) is 0 Å². The summed E-state index contributed by atoms with van der Waals surface area (Å²) in [6.45, 7) is -0.195. The number of hydrogen-bond acceptors (Lipinski definition) is 2. The number of pyridine rings is 1. The number of rotatable bonds is 2. The molecule has 0 radical (unpaired) electrons. The van der Waals surface area contributed by atoms with Gasteiger partial charge < -0.3 is 5.73 Å². The van der Waals surface area contributed by atoms with Crippen molar-refractivity contribution < 1.29 is 13.2 Å². The van der Waals surface area contributed by atoms with Gasteiger partial charge in [0.25, 0.3) is 6.43 Å². The molecule has 0 aliphatic heterocycles. The van der Waals surface area contributed by atoms with E-state index in [1.807, 2.05) is 0 Å². The molecule has 0 aromatic carbocycles. The third-order valence-corrected chi connectivity index (χ3v) is 1.74. The molecule has 72 valence electrons. The molecule has 0 bridgehead atoms. The lowest BCUT2D eigenvalue weighted by Crippen LogP contribution is -2.06. The minimum Gasteiger partial charge on any atom is -0.325 e. The van der Waals surface area contributed by atoms with Crippen molar-refractivity contribution in [3.05, 3.63) is 28.3 Å². The Kier molecular flexibility index (Phi) is 3.11. The first-order chi connectivity index (χ1) is 6.06. The van der Waals surface area contributed by atoms with Gasteiger partial charge >= 0.3 is 0 Å². The number of halogens is 4. The molecule has 1 aromatic heterocycles. The summed E-state index contributed by atoms with van der Waals surface area (Å²) in [5.41, 5.74) is 4.54. The molecule has 0 aliphatic carbocycles. The van der Waals surface area contributed by atoms with Crippen LogP contribution in [0.15, 0.2) is 6.07 Å². The molecule has 0 saturated carbocycles. The summed E-state index contributed by atoms with van der Waals surface area (Å²) >= 11 is 5.28. The predicted octanol–water partition coefficient (Wildman–Crippen LogP) is 2.27. The van der Waals surface area contributed by atoms with Crippen LogP contribution in [0.4, 0.5) is 13.2 Å². The second kappa shape index (κ2) is 3.93. The van der Waals surface area contributed by atoms with Crippen molar-refractivity contribution in [1.29, 1.82) is 0 Å². The highest BCUT2D eigenvalue weighted by Crippen LogP contribution is 2.25. The van der Waals surface area contributed by atoms with E-state index in [1.165, 1.54) is 0 Å². The summed E-state index contributed by atoms with van der Waals surface area (Å²) in [5.74, 6) is -0.964. The van der Waals surface area contributed by atoms with Gasteiger partial charge in [-0.3, -0.25) is 0 Å². The molecular formula is C7H6ClF3N2. The van der Waals surface area contributed by atoms with Crippen LogP contribution in [-0.2, 0) is 6.54 Å². The quantitative estimate of drug-likeness (QED) is 0.761. The van der Waals surface area contributed by atoms with Gasteiger partial charge in [0.1, 0.15) is 0 Å². The summed E-state index contributed by atoms with van der Waals surface area (Å²) in [6, 6.07) is 0.655. The van der Waals surface area contributed by atoms with Crippen LogP contribution in [0.1, 0.15) is 17.7 Å². The maximum Gasteiger partial charge on any atom is 0.265 e. The fourth-order valence-electron chi connectivity index (χ4n) is 0.868. The van der Waals surface area contributed by atoms with Gasteiger partial charge in [-0.05, 0) is 6.07 Å². The van der Waals surface area contributed by atoms with Crippen molar-refractivity contribution in [3.8, 4) is 0 Å². The fraction of sp³-hybridized carbons (Fsp3) is 0.286. The predicted molar refractivity (Wildman–Crippen MR) is 42.1 cm³/mol. The zero-order valence-electron chi connectivity index (χ0n) is 6.40. The Balaban J connectivity index is 3.25. The molecule has 0 fully saturated rings. The summed E-state index contributed by atoms with van der Waals surface area (Å²) in [6.07, 6.45) is -2.79. The molecule has 1 rings (SSSR count). The van der Waals surface area contributed by atoms with E-state index in [9.17, 15) is 13.2 Å². The lowest BCUT2D eigenvalue weighted by molar-refractivity contribution is 0.149. The Bertz CT molecular complexity index is 317. The van der Waals surface area contributed by atoms with Crippen molar-refractivity contribution in [1.82, 2.24) is 4.98 Å². The number of aromatic nitrogens is 1. The number of nitrogens with zero attached hydrogens (tertiary/aromatic N) is 1. The van der Waals surface area contributed by atoms with Crippen LogP contribution in [0.5, 0.6) is 0 Å². The molecule has 2 N–H and O–H groups in total. The SMILES string of the molecule is NCc1nc(Cl)c(F)cc1C(F)F. The average Bonchev–Trinajstić information content (AvgIpc) is 2.08. The normalized spacial score (nSPS) is 10.9. The van der Waals surface area contributed by atoms with Crippen LogP contribution >= 0.6 is 11.6 Å². The first-order valence-corrected chi connectivity index (χ1v) is 3.77. The molecule has 0 amide bonds. The summed E-state index contributed by atoms with van der Waals surface area (Å²) < 4.78 is 37.1. The summed E-state index contributed by atoms with van der Waals surface area (Å²) in [7, 11) is 0. The first kappa shape index (κ1) is 10.3. The zero-order valence-corrected chi connectivity index (χ0v) is 7.15. The molecular weight excluding hydrogens is 205 g/mol. The van der Waals surface area contributed by atoms with Crippen molar-refractivity contribution in [2.24, 2.45) is 5.73 Å². The minimum atomic E-state index is -2.79. The smallest absolute Gasteiger partial charge is 0.265 e. The minimum absolute atomic E-state index is 0.0820. The van der Waals surface area contributed by atoms with E-state index in [2.05, 4.69) is 4.98 Å². The van der Waals surface area contributed by atoms with Crippen LogP contribution in [0, 0.1) is 5.82 Å². The van der Waals surface area contributed by atoms with E-state index in [0.29, 0.717) is 6.07 Å². The van der Waals surface area contributed by atoms with Gasteiger partial charge in [-0.2, -0.15) is 0 Å². The zero-order chi connectivity index (χ0) is 10.0. The van der Waals surface area contributed by atoms with Gasteiger partial charge in [0, 0.05) is 12.1 Å². The Hall–Kier alpha value is -0.810. The third-order valence-electron chi connectivity index (χ3n) is 1.47. The van der Waals surface area contributed by atoms with Gasteiger partial charge in [0.2, 0.25) is 0 Å². The molecule has 6 heteroatoms. The van der Waals surface area contributed by atoms with Gasteiger partial charge in [-0.1, -0.05) is 11.6 Å². The van der Waals surface area contributed by atoms with Crippen molar-refractivity contribution >= 4 is 11.6 Å². The molecule has 0 unspecified atom stereocenters. The Morgan fingerprint density at radius 3 is 2.62 bits per heavy atom. The second-order valence-corrected chi connectivity index (χ2v) is 2.66. The van der Waals surface area contributed by atoms with Crippen molar-refractivity contribution in [3.63, 3.8) is 0 Å². The molecule has 0 aliphatic rings. The van der Waals surface area contributed by atoms with Crippen molar-refractivity contribution in [2.75, 3.05) is 0 Å². The van der Waals surface area contributed by atoms with Gasteiger partial charge in [-0.15, -0.1) is 0 Å².